The number of hydrogen-bond acceptors (Lipinski definition) is 6. The average Bonchev–Trinajstić information content (AvgIpc) is 3.11. The minimum absolute atomic E-state index is 0.192. The molecule has 7 nitrogen and oxygen atoms in total. The van der Waals surface area contributed by atoms with Crippen LogP contribution in [0.25, 0.3) is 6.08 Å². The fraction of sp³-hybridized carbons (Fsp3) is 0.0526. The molecule has 4 amide bonds. The molecule has 2 aromatic carbocycles. The number of imide groups is 2. The summed E-state index contributed by atoms with van der Waals surface area (Å²) < 4.78 is 5.68. The zero-order valence-electron chi connectivity index (χ0n) is 14.1. The van der Waals surface area contributed by atoms with Gasteiger partial charge in [-0.05, 0) is 48.2 Å². The number of carbonyl (C=O) groups is 4. The van der Waals surface area contributed by atoms with E-state index in [1.165, 1.54) is 6.08 Å². The van der Waals surface area contributed by atoms with Crippen LogP contribution in [0.1, 0.15) is 26.3 Å². The number of amides is 4. The molecule has 0 aliphatic carbocycles. The van der Waals surface area contributed by atoms with Crippen LogP contribution in [0.2, 0.25) is 5.02 Å². The van der Waals surface area contributed by atoms with Crippen molar-refractivity contribution in [3.05, 3.63) is 69.1 Å². The molecule has 2 aromatic rings. The van der Waals surface area contributed by atoms with Crippen LogP contribution < -0.4 is 10.1 Å². The molecule has 1 N–H and O–H groups in total. The Morgan fingerprint density at radius 2 is 1.71 bits per heavy atom. The summed E-state index contributed by atoms with van der Waals surface area (Å²) >= 11 is 6.79. The Hall–Kier alpha value is -3.10. The van der Waals surface area contributed by atoms with Gasteiger partial charge < -0.3 is 4.74 Å². The average molecular weight is 415 g/mol. The normalized spacial score (nSPS) is 17.3. The number of hydrogen-bond donors (Lipinski definition) is 1. The SMILES string of the molecule is O=C1NC(=O)/C(=C/c2cc(Cl)ccc2OCN2C(=O)c3ccccc3C2=O)S1. The van der Waals surface area contributed by atoms with Crippen molar-refractivity contribution < 1.29 is 23.9 Å². The first-order valence-corrected chi connectivity index (χ1v) is 9.26. The van der Waals surface area contributed by atoms with Gasteiger partial charge >= 0.3 is 0 Å². The van der Waals surface area contributed by atoms with Crippen LogP contribution >= 0.6 is 23.4 Å². The van der Waals surface area contributed by atoms with Crippen molar-refractivity contribution >= 4 is 52.4 Å². The van der Waals surface area contributed by atoms with E-state index < -0.39 is 23.0 Å². The largest absolute Gasteiger partial charge is 0.472 e. The van der Waals surface area contributed by atoms with Crippen molar-refractivity contribution in [1.29, 1.82) is 0 Å². The van der Waals surface area contributed by atoms with Gasteiger partial charge in [-0.1, -0.05) is 23.7 Å². The van der Waals surface area contributed by atoms with E-state index in [1.807, 2.05) is 0 Å². The molecule has 0 bridgehead atoms. The van der Waals surface area contributed by atoms with E-state index >= 15 is 0 Å². The Morgan fingerprint density at radius 1 is 1.04 bits per heavy atom. The van der Waals surface area contributed by atoms with Gasteiger partial charge in [-0.2, -0.15) is 0 Å². The smallest absolute Gasteiger partial charge is 0.290 e. The number of carbonyl (C=O) groups excluding carboxylic acids is 4. The summed E-state index contributed by atoms with van der Waals surface area (Å²) in [6, 6.07) is 11.2. The molecule has 0 atom stereocenters. The van der Waals surface area contributed by atoms with Crippen LogP contribution in [0.3, 0.4) is 0 Å². The molecule has 0 radical (unpaired) electrons. The lowest BCUT2D eigenvalue weighted by Gasteiger charge is -2.16. The molecule has 0 aromatic heterocycles. The molecule has 140 valence electrons. The molecular formula is C19H11ClN2O5S. The minimum Gasteiger partial charge on any atom is -0.472 e. The Kier molecular flexibility index (Phi) is 4.66. The third kappa shape index (κ3) is 3.28. The monoisotopic (exact) mass is 414 g/mol. The van der Waals surface area contributed by atoms with E-state index in [2.05, 4.69) is 5.32 Å². The third-order valence-electron chi connectivity index (χ3n) is 4.13. The van der Waals surface area contributed by atoms with Gasteiger partial charge in [0.1, 0.15) is 5.75 Å². The van der Waals surface area contributed by atoms with Crippen LogP contribution in [-0.4, -0.2) is 34.6 Å². The second-order valence-corrected chi connectivity index (χ2v) is 7.34. The van der Waals surface area contributed by atoms with E-state index in [0.717, 1.165) is 16.7 Å². The first-order chi connectivity index (χ1) is 13.4. The number of benzene rings is 2. The second kappa shape index (κ2) is 7.14. The van der Waals surface area contributed by atoms with E-state index in [1.54, 1.807) is 42.5 Å². The maximum absolute atomic E-state index is 12.4. The minimum atomic E-state index is -0.513. The Balaban J connectivity index is 1.57. The van der Waals surface area contributed by atoms with Gasteiger partial charge in [0.25, 0.3) is 23.0 Å². The van der Waals surface area contributed by atoms with Gasteiger partial charge in [0, 0.05) is 10.6 Å². The number of ether oxygens (including phenoxy) is 1. The molecule has 1 fully saturated rings. The fourth-order valence-electron chi connectivity index (χ4n) is 2.82. The molecular weight excluding hydrogens is 404 g/mol. The summed E-state index contributed by atoms with van der Waals surface area (Å²) in [5, 5.41) is 2.10. The lowest BCUT2D eigenvalue weighted by Crippen LogP contribution is -2.33. The van der Waals surface area contributed by atoms with Crippen LogP contribution in [0.15, 0.2) is 47.4 Å². The predicted octanol–water partition coefficient (Wildman–Crippen LogP) is 3.30. The van der Waals surface area contributed by atoms with E-state index in [9.17, 15) is 19.2 Å². The van der Waals surface area contributed by atoms with Crippen molar-refractivity contribution in [1.82, 2.24) is 10.2 Å². The maximum atomic E-state index is 12.4. The van der Waals surface area contributed by atoms with Gasteiger partial charge in [0.15, 0.2) is 6.73 Å². The highest BCUT2D eigenvalue weighted by atomic mass is 35.5. The molecule has 28 heavy (non-hydrogen) atoms. The van der Waals surface area contributed by atoms with Crippen LogP contribution in [0, 0.1) is 0 Å². The lowest BCUT2D eigenvalue weighted by atomic mass is 10.1. The first kappa shape index (κ1) is 18.3. The van der Waals surface area contributed by atoms with Crippen molar-refractivity contribution in [2.24, 2.45) is 0 Å². The van der Waals surface area contributed by atoms with Gasteiger partial charge in [0.05, 0.1) is 16.0 Å². The predicted molar refractivity (Wildman–Crippen MR) is 103 cm³/mol. The van der Waals surface area contributed by atoms with Crippen LogP contribution in [0.4, 0.5) is 4.79 Å². The summed E-state index contributed by atoms with van der Waals surface area (Å²) in [5.74, 6) is -1.08. The van der Waals surface area contributed by atoms with E-state index in [-0.39, 0.29) is 11.6 Å². The zero-order valence-corrected chi connectivity index (χ0v) is 15.7. The molecule has 0 unspecified atom stereocenters. The molecule has 4 rings (SSSR count). The van der Waals surface area contributed by atoms with Gasteiger partial charge in [-0.15, -0.1) is 0 Å². The summed E-state index contributed by atoms with van der Waals surface area (Å²) in [7, 11) is 0. The highest BCUT2D eigenvalue weighted by Crippen LogP contribution is 2.31. The Morgan fingerprint density at radius 3 is 2.32 bits per heavy atom. The van der Waals surface area contributed by atoms with Gasteiger partial charge in [-0.25, -0.2) is 4.90 Å². The quantitative estimate of drug-likeness (QED) is 0.609. The second-order valence-electron chi connectivity index (χ2n) is 5.89. The maximum Gasteiger partial charge on any atom is 0.290 e. The van der Waals surface area contributed by atoms with Gasteiger partial charge in [0.2, 0.25) is 0 Å². The highest BCUT2D eigenvalue weighted by Gasteiger charge is 2.35. The number of thioether (sulfide) groups is 1. The molecule has 9 heteroatoms. The summed E-state index contributed by atoms with van der Waals surface area (Å²) in [4.78, 5) is 49.1. The molecule has 2 aliphatic heterocycles. The summed E-state index contributed by atoms with van der Waals surface area (Å²) in [6.07, 6.45) is 1.47. The fourth-order valence-corrected chi connectivity index (χ4v) is 3.67. The number of nitrogens with zero attached hydrogens (tertiary/aromatic N) is 1. The molecule has 1 saturated heterocycles. The third-order valence-corrected chi connectivity index (χ3v) is 5.17. The van der Waals surface area contributed by atoms with E-state index in [4.69, 9.17) is 16.3 Å². The van der Waals surface area contributed by atoms with Crippen molar-refractivity contribution in [2.75, 3.05) is 6.73 Å². The highest BCUT2D eigenvalue weighted by molar-refractivity contribution is 8.18. The van der Waals surface area contributed by atoms with Crippen molar-refractivity contribution in [2.45, 2.75) is 0 Å². The molecule has 2 aliphatic rings. The van der Waals surface area contributed by atoms with E-state index in [0.29, 0.717) is 27.5 Å². The number of fused-ring (bicyclic) bond motifs is 1. The molecule has 2 heterocycles. The number of rotatable bonds is 4. The number of halogens is 1. The zero-order chi connectivity index (χ0) is 19.8. The topological polar surface area (TPSA) is 92.8 Å². The Labute approximate surface area is 168 Å². The number of nitrogens with one attached hydrogen (secondary N) is 1. The summed E-state index contributed by atoms with van der Waals surface area (Å²) in [5.41, 5.74) is 1.09. The lowest BCUT2D eigenvalue weighted by molar-refractivity contribution is -0.115. The molecule has 0 saturated carbocycles. The Bertz CT molecular complexity index is 1050. The first-order valence-electron chi connectivity index (χ1n) is 8.06. The van der Waals surface area contributed by atoms with Gasteiger partial charge in [-0.3, -0.25) is 24.5 Å². The standard InChI is InChI=1S/C19H11ClN2O5S/c20-11-5-6-14(10(7-11)8-15-16(23)21-19(26)28-15)27-9-22-17(24)12-3-1-2-4-13(12)18(22)25/h1-8H,9H2,(H,21,23,26)/b15-8-. The van der Waals surface area contributed by atoms with Crippen LogP contribution in [-0.2, 0) is 4.79 Å². The van der Waals surface area contributed by atoms with Crippen molar-refractivity contribution in [3.63, 3.8) is 0 Å². The van der Waals surface area contributed by atoms with Crippen molar-refractivity contribution in [3.8, 4) is 5.75 Å². The summed E-state index contributed by atoms with van der Waals surface area (Å²) in [6.45, 7) is -0.303. The molecule has 0 spiro atoms. The van der Waals surface area contributed by atoms with Crippen LogP contribution in [0.5, 0.6) is 5.75 Å².